The van der Waals surface area contributed by atoms with E-state index in [9.17, 15) is 9.59 Å². The van der Waals surface area contributed by atoms with Crippen molar-refractivity contribution < 1.29 is 24.2 Å². The van der Waals surface area contributed by atoms with Crippen molar-refractivity contribution in [2.24, 2.45) is 5.73 Å². The fraction of sp³-hybridized carbons (Fsp3) is 0.286. The summed E-state index contributed by atoms with van der Waals surface area (Å²) >= 11 is 0. The van der Waals surface area contributed by atoms with E-state index in [1.807, 2.05) is 24.3 Å². The van der Waals surface area contributed by atoms with Crippen LogP contribution in [0.25, 0.3) is 10.9 Å². The van der Waals surface area contributed by atoms with Gasteiger partial charge in [0.2, 0.25) is 5.91 Å². The van der Waals surface area contributed by atoms with Crippen molar-refractivity contribution in [2.75, 3.05) is 36.5 Å². The van der Waals surface area contributed by atoms with Crippen LogP contribution in [0.1, 0.15) is 34.0 Å². The van der Waals surface area contributed by atoms with Gasteiger partial charge in [-0.25, -0.2) is 4.98 Å². The molecular formula is C21H22N6O5. The minimum absolute atomic E-state index is 0.161. The number of ether oxygens (including phenoxy) is 1. The van der Waals surface area contributed by atoms with Crippen LogP contribution in [-0.2, 0) is 14.3 Å². The average Bonchev–Trinajstić information content (AvgIpc) is 3.23. The number of carboxylic acid groups (broad SMARTS) is 1. The first-order valence-electron chi connectivity index (χ1n) is 10.0. The second-order valence-electron chi connectivity index (χ2n) is 7.33. The van der Waals surface area contributed by atoms with Crippen molar-refractivity contribution in [3.05, 3.63) is 47.2 Å². The number of morpholine rings is 1. The number of aromatic nitrogens is 3. The molecule has 166 valence electrons. The fourth-order valence-corrected chi connectivity index (χ4v) is 4.12. The second-order valence-corrected chi connectivity index (χ2v) is 7.33. The fourth-order valence-electron chi connectivity index (χ4n) is 4.12. The number of amides is 2. The van der Waals surface area contributed by atoms with Crippen LogP contribution in [0.2, 0.25) is 0 Å². The molecule has 11 heteroatoms. The van der Waals surface area contributed by atoms with E-state index in [-0.39, 0.29) is 30.4 Å². The van der Waals surface area contributed by atoms with Crippen LogP contribution in [-0.4, -0.2) is 64.9 Å². The van der Waals surface area contributed by atoms with E-state index in [0.29, 0.717) is 37.7 Å². The Morgan fingerprint density at radius 3 is 2.72 bits per heavy atom. The van der Waals surface area contributed by atoms with Gasteiger partial charge in [0, 0.05) is 41.9 Å². The summed E-state index contributed by atoms with van der Waals surface area (Å²) in [5.41, 5.74) is 8.15. The van der Waals surface area contributed by atoms with Crippen LogP contribution in [0.4, 0.5) is 11.6 Å². The summed E-state index contributed by atoms with van der Waals surface area (Å²) < 4.78 is 5.50. The molecule has 0 aliphatic carbocycles. The van der Waals surface area contributed by atoms with Gasteiger partial charge >= 0.3 is 0 Å². The van der Waals surface area contributed by atoms with Gasteiger partial charge in [-0.1, -0.05) is 18.2 Å². The summed E-state index contributed by atoms with van der Waals surface area (Å²) in [7, 11) is 0. The molecule has 2 amide bonds. The van der Waals surface area contributed by atoms with Gasteiger partial charge in [-0.05, 0) is 12.1 Å². The number of benzene rings is 1. The molecule has 0 saturated carbocycles. The molecule has 1 atom stereocenters. The third-order valence-corrected chi connectivity index (χ3v) is 5.46. The maximum Gasteiger partial charge on any atom is 0.290 e. The highest BCUT2D eigenvalue weighted by Gasteiger charge is 2.35. The van der Waals surface area contributed by atoms with Gasteiger partial charge in [-0.3, -0.25) is 19.5 Å². The molecule has 32 heavy (non-hydrogen) atoms. The van der Waals surface area contributed by atoms with E-state index >= 15 is 0 Å². The number of rotatable bonds is 3. The van der Waals surface area contributed by atoms with Crippen LogP contribution < -0.4 is 16.0 Å². The van der Waals surface area contributed by atoms with E-state index in [2.05, 4.69) is 26.5 Å². The Kier molecular flexibility index (Phi) is 5.99. The number of hydrogen-bond acceptors (Lipinski definition) is 7. The molecule has 5 N–H and O–H groups in total. The molecule has 1 aromatic carbocycles. The van der Waals surface area contributed by atoms with E-state index in [0.717, 1.165) is 22.3 Å². The highest BCUT2D eigenvalue weighted by molar-refractivity contribution is 6.00. The molecule has 5 rings (SSSR count). The van der Waals surface area contributed by atoms with E-state index in [4.69, 9.17) is 25.4 Å². The topological polar surface area (TPSA) is 164 Å². The molecule has 4 heterocycles. The normalized spacial score (nSPS) is 17.7. The predicted octanol–water partition coefficient (Wildman–Crippen LogP) is 1.07. The average molecular weight is 438 g/mol. The van der Waals surface area contributed by atoms with Crippen LogP contribution >= 0.6 is 0 Å². The molecule has 11 nitrogen and oxygen atoms in total. The third kappa shape index (κ3) is 3.97. The minimum Gasteiger partial charge on any atom is -0.483 e. The zero-order valence-electron chi connectivity index (χ0n) is 17.1. The van der Waals surface area contributed by atoms with Crippen molar-refractivity contribution in [1.29, 1.82) is 0 Å². The Hall–Kier alpha value is -3.99. The van der Waals surface area contributed by atoms with E-state index in [1.54, 1.807) is 0 Å². The first kappa shape index (κ1) is 21.2. The summed E-state index contributed by atoms with van der Waals surface area (Å²) in [5, 5.41) is 17.4. The number of para-hydroxylation sites is 1. The summed E-state index contributed by atoms with van der Waals surface area (Å²) in [4.78, 5) is 39.8. The second kappa shape index (κ2) is 9.02. The Morgan fingerprint density at radius 2 is 2.00 bits per heavy atom. The standard InChI is InChI=1S/C20H20N6O3.CH2O2/c21-18(28)17-16-12(10-15(27)23-19(16)25-24-17)13-9-11-3-1-2-4-14(11)22-20(13)26-5-7-29-8-6-26;2-1-3/h1-4,9,12H,5-8,10H2,(H2,21,28)(H2,23,24,25,27);1H,(H,2,3). The summed E-state index contributed by atoms with van der Waals surface area (Å²) in [6.45, 7) is 2.39. The molecule has 2 aromatic heterocycles. The largest absolute Gasteiger partial charge is 0.483 e. The number of hydrogen-bond donors (Lipinski definition) is 4. The molecule has 1 fully saturated rings. The van der Waals surface area contributed by atoms with Gasteiger partial charge in [0.05, 0.1) is 18.7 Å². The molecule has 1 unspecified atom stereocenters. The molecule has 0 radical (unpaired) electrons. The number of H-pyrrole nitrogens is 1. The van der Waals surface area contributed by atoms with Crippen LogP contribution in [0, 0.1) is 0 Å². The first-order valence-corrected chi connectivity index (χ1v) is 10.0. The quantitative estimate of drug-likeness (QED) is 0.441. The Morgan fingerprint density at radius 1 is 1.28 bits per heavy atom. The molecule has 1 saturated heterocycles. The lowest BCUT2D eigenvalue weighted by Crippen LogP contribution is -2.38. The van der Waals surface area contributed by atoms with Gasteiger partial charge in [0.25, 0.3) is 12.4 Å². The first-order chi connectivity index (χ1) is 15.5. The number of pyridine rings is 1. The Bertz CT molecular complexity index is 1170. The van der Waals surface area contributed by atoms with Crippen molar-refractivity contribution in [3.8, 4) is 0 Å². The van der Waals surface area contributed by atoms with Crippen molar-refractivity contribution in [3.63, 3.8) is 0 Å². The zero-order valence-corrected chi connectivity index (χ0v) is 17.1. The van der Waals surface area contributed by atoms with E-state index < -0.39 is 5.91 Å². The maximum atomic E-state index is 12.4. The number of fused-ring (bicyclic) bond motifs is 2. The number of nitrogens with zero attached hydrogens (tertiary/aromatic N) is 3. The lowest BCUT2D eigenvalue weighted by Gasteiger charge is -2.32. The van der Waals surface area contributed by atoms with Crippen molar-refractivity contribution in [1.82, 2.24) is 15.2 Å². The van der Waals surface area contributed by atoms with Crippen LogP contribution in [0.3, 0.4) is 0 Å². The summed E-state index contributed by atoms with van der Waals surface area (Å²) in [5.74, 6) is -0.00182. The lowest BCUT2D eigenvalue weighted by atomic mass is 9.84. The zero-order chi connectivity index (χ0) is 22.7. The van der Waals surface area contributed by atoms with Crippen molar-refractivity contribution in [2.45, 2.75) is 12.3 Å². The molecular weight excluding hydrogens is 416 g/mol. The SMILES string of the molecule is NC(=O)c1[nH]nc2c1C(c1cc3ccccc3nc1N1CCOCC1)CC(=O)N2.O=CO. The Balaban J connectivity index is 0.000000775. The number of carbonyl (C=O) groups is 3. The highest BCUT2D eigenvalue weighted by atomic mass is 16.5. The van der Waals surface area contributed by atoms with Crippen LogP contribution in [0.5, 0.6) is 0 Å². The molecule has 2 aliphatic rings. The minimum atomic E-state index is -0.610. The summed E-state index contributed by atoms with van der Waals surface area (Å²) in [6.07, 6.45) is 0.185. The predicted molar refractivity (Wildman–Crippen MR) is 116 cm³/mol. The van der Waals surface area contributed by atoms with Gasteiger partial charge in [0.15, 0.2) is 5.82 Å². The van der Waals surface area contributed by atoms with Crippen molar-refractivity contribution >= 4 is 40.8 Å². The van der Waals surface area contributed by atoms with Gasteiger partial charge in [-0.15, -0.1) is 0 Å². The maximum absolute atomic E-state index is 12.4. The third-order valence-electron chi connectivity index (χ3n) is 5.46. The monoisotopic (exact) mass is 438 g/mol. The summed E-state index contributed by atoms with van der Waals surface area (Å²) in [6, 6.07) is 9.91. The molecule has 0 spiro atoms. The molecule has 0 bridgehead atoms. The van der Waals surface area contributed by atoms with Gasteiger partial charge < -0.3 is 25.8 Å². The smallest absolute Gasteiger partial charge is 0.290 e. The van der Waals surface area contributed by atoms with E-state index in [1.165, 1.54) is 0 Å². The Labute approximate surface area is 182 Å². The van der Waals surface area contributed by atoms with Gasteiger partial charge in [-0.2, -0.15) is 5.10 Å². The molecule has 3 aromatic rings. The van der Waals surface area contributed by atoms with Gasteiger partial charge in [0.1, 0.15) is 11.5 Å². The number of carbonyl (C=O) groups excluding carboxylic acids is 2. The number of primary amides is 1. The van der Waals surface area contributed by atoms with Crippen LogP contribution in [0.15, 0.2) is 30.3 Å². The number of aromatic amines is 1. The number of nitrogens with one attached hydrogen (secondary N) is 2. The lowest BCUT2D eigenvalue weighted by molar-refractivity contribution is -0.123. The molecule has 2 aliphatic heterocycles. The number of nitrogens with two attached hydrogens (primary N) is 1. The number of anilines is 2. The highest BCUT2D eigenvalue weighted by Crippen LogP contribution is 2.42.